The summed E-state index contributed by atoms with van der Waals surface area (Å²) in [5, 5.41) is 2.58. The summed E-state index contributed by atoms with van der Waals surface area (Å²) in [5.41, 5.74) is 2.50. The Balaban J connectivity index is 2.84. The Kier molecular flexibility index (Phi) is 3.70. The van der Waals surface area contributed by atoms with Crippen LogP contribution < -0.4 is 0 Å². The maximum Gasteiger partial charge on any atom is 0.0154 e. The Labute approximate surface area is 107 Å². The van der Waals surface area contributed by atoms with Gasteiger partial charge in [-0.2, -0.15) is 0 Å². The van der Waals surface area contributed by atoms with Crippen LogP contribution in [0.25, 0.3) is 16.3 Å². The van der Waals surface area contributed by atoms with Gasteiger partial charge in [0.2, 0.25) is 0 Å². The number of rotatable bonds is 3. The van der Waals surface area contributed by atoms with Crippen molar-refractivity contribution in [1.29, 1.82) is 0 Å². The van der Waals surface area contributed by atoms with E-state index in [0.29, 0.717) is 0 Å². The van der Waals surface area contributed by atoms with Gasteiger partial charge in [-0.3, -0.25) is 0 Å². The third kappa shape index (κ3) is 2.16. The highest BCUT2D eigenvalue weighted by atomic mass is 32.2. The van der Waals surface area contributed by atoms with Gasteiger partial charge < -0.3 is 0 Å². The van der Waals surface area contributed by atoms with Gasteiger partial charge in [-0.25, -0.2) is 0 Å². The molecule has 0 spiro atoms. The van der Waals surface area contributed by atoms with Crippen LogP contribution in [0.2, 0.25) is 0 Å². The fourth-order valence-corrected chi connectivity index (χ4v) is 2.72. The van der Waals surface area contributed by atoms with Crippen molar-refractivity contribution in [3.05, 3.63) is 60.7 Å². The molecule has 0 aliphatic rings. The van der Waals surface area contributed by atoms with Crippen LogP contribution in [0.4, 0.5) is 0 Å². The number of hydrogen-bond donors (Lipinski definition) is 0. The van der Waals surface area contributed by atoms with Crippen molar-refractivity contribution in [2.24, 2.45) is 0 Å². The topological polar surface area (TPSA) is 0 Å². The van der Waals surface area contributed by atoms with Crippen molar-refractivity contribution in [3.8, 4) is 0 Å². The molecule has 0 amide bonds. The summed E-state index contributed by atoms with van der Waals surface area (Å²) in [6.07, 6.45) is 6.17. The summed E-state index contributed by atoms with van der Waals surface area (Å²) in [4.78, 5) is 1.30. The van der Waals surface area contributed by atoms with Crippen molar-refractivity contribution in [3.63, 3.8) is 0 Å². The Hall–Kier alpha value is -1.47. The number of allylic oxidation sites excluding steroid dienone is 3. The lowest BCUT2D eigenvalue weighted by atomic mass is 9.98. The predicted octanol–water partition coefficient (Wildman–Crippen LogP) is 5.15. The van der Waals surface area contributed by atoms with Crippen molar-refractivity contribution in [2.75, 3.05) is 6.26 Å². The average molecular weight is 240 g/mol. The van der Waals surface area contributed by atoms with Crippen molar-refractivity contribution in [2.45, 2.75) is 11.8 Å². The van der Waals surface area contributed by atoms with Gasteiger partial charge in [-0.15, -0.1) is 11.8 Å². The Morgan fingerprint density at radius 2 is 1.94 bits per heavy atom. The van der Waals surface area contributed by atoms with E-state index in [1.54, 1.807) is 11.8 Å². The quantitative estimate of drug-likeness (QED) is 0.528. The van der Waals surface area contributed by atoms with Gasteiger partial charge in [0.15, 0.2) is 0 Å². The van der Waals surface area contributed by atoms with Crippen LogP contribution in [0.3, 0.4) is 0 Å². The first kappa shape index (κ1) is 12.0. The van der Waals surface area contributed by atoms with Crippen molar-refractivity contribution < 1.29 is 0 Å². The molecular weight excluding hydrogens is 224 g/mol. The molecule has 0 atom stereocenters. The summed E-state index contributed by atoms with van der Waals surface area (Å²) in [5.74, 6) is 0. The van der Waals surface area contributed by atoms with E-state index in [1.807, 2.05) is 6.08 Å². The molecule has 0 radical (unpaired) electrons. The second-order valence-corrected chi connectivity index (χ2v) is 4.66. The van der Waals surface area contributed by atoms with Gasteiger partial charge in [0.25, 0.3) is 0 Å². The minimum absolute atomic E-state index is 1.20. The van der Waals surface area contributed by atoms with Crippen LogP contribution in [0.1, 0.15) is 12.5 Å². The average Bonchev–Trinajstić information content (AvgIpc) is 2.40. The molecule has 2 aromatic rings. The number of hydrogen-bond acceptors (Lipinski definition) is 1. The van der Waals surface area contributed by atoms with Crippen LogP contribution in [0.15, 0.2) is 60.0 Å². The summed E-state index contributed by atoms with van der Waals surface area (Å²) in [6.45, 7) is 5.97. The largest absolute Gasteiger partial charge is 0.129 e. The zero-order valence-electron chi connectivity index (χ0n) is 10.2. The molecule has 0 aromatic heterocycles. The molecule has 86 valence electrons. The van der Waals surface area contributed by atoms with Crippen LogP contribution in [-0.4, -0.2) is 6.26 Å². The molecule has 2 aromatic carbocycles. The van der Waals surface area contributed by atoms with Crippen molar-refractivity contribution >= 4 is 28.1 Å². The van der Waals surface area contributed by atoms with Gasteiger partial charge in [0.1, 0.15) is 0 Å². The predicted molar refractivity (Wildman–Crippen MR) is 79.6 cm³/mol. The Morgan fingerprint density at radius 1 is 1.18 bits per heavy atom. The molecule has 0 saturated heterocycles. The second kappa shape index (κ2) is 5.24. The lowest BCUT2D eigenvalue weighted by molar-refractivity contribution is 1.44. The van der Waals surface area contributed by atoms with Crippen LogP contribution in [0.5, 0.6) is 0 Å². The first-order chi connectivity index (χ1) is 8.31. The lowest BCUT2D eigenvalue weighted by Crippen LogP contribution is -1.88. The molecule has 0 bridgehead atoms. The molecule has 0 aliphatic heterocycles. The third-order valence-corrected chi connectivity index (χ3v) is 3.71. The smallest absolute Gasteiger partial charge is 0.0154 e. The monoisotopic (exact) mass is 240 g/mol. The van der Waals surface area contributed by atoms with E-state index >= 15 is 0 Å². The minimum Gasteiger partial charge on any atom is -0.129 e. The lowest BCUT2D eigenvalue weighted by Gasteiger charge is -2.12. The molecule has 0 N–H and O–H groups in total. The normalized spacial score (nSPS) is 11.8. The van der Waals surface area contributed by atoms with E-state index in [-0.39, 0.29) is 0 Å². The highest BCUT2D eigenvalue weighted by Crippen LogP contribution is 2.34. The van der Waals surface area contributed by atoms with E-state index in [0.717, 1.165) is 0 Å². The van der Waals surface area contributed by atoms with Gasteiger partial charge in [0.05, 0.1) is 0 Å². The fraction of sp³-hybridized carbons (Fsp3) is 0.125. The van der Waals surface area contributed by atoms with E-state index < -0.39 is 0 Å². The third-order valence-electron chi connectivity index (χ3n) is 2.93. The van der Waals surface area contributed by atoms with Crippen molar-refractivity contribution in [1.82, 2.24) is 0 Å². The first-order valence-electron chi connectivity index (χ1n) is 5.66. The van der Waals surface area contributed by atoms with E-state index in [2.05, 4.69) is 62.2 Å². The molecular formula is C16H16S. The molecule has 2 rings (SSSR count). The molecule has 1 heteroatoms. The second-order valence-electron chi connectivity index (χ2n) is 3.81. The number of thioether (sulfide) groups is 1. The van der Waals surface area contributed by atoms with Gasteiger partial charge in [0, 0.05) is 10.5 Å². The van der Waals surface area contributed by atoms with Crippen LogP contribution in [-0.2, 0) is 0 Å². The number of benzene rings is 2. The first-order valence-corrected chi connectivity index (χ1v) is 6.89. The maximum atomic E-state index is 3.91. The minimum atomic E-state index is 1.20. The highest BCUT2D eigenvalue weighted by Gasteiger charge is 2.08. The Bertz CT molecular complexity index is 579. The number of fused-ring (bicyclic) bond motifs is 1. The Morgan fingerprint density at radius 3 is 2.59 bits per heavy atom. The van der Waals surface area contributed by atoms with Gasteiger partial charge in [-0.05, 0) is 35.6 Å². The van der Waals surface area contributed by atoms with Crippen LogP contribution in [0, 0.1) is 0 Å². The molecule has 17 heavy (non-hydrogen) atoms. The zero-order valence-corrected chi connectivity index (χ0v) is 11.1. The van der Waals surface area contributed by atoms with Crippen LogP contribution >= 0.6 is 11.8 Å². The standard InChI is InChI=1S/C16H16S/c1-4-12(5-2)16-14-9-7-6-8-13(14)10-11-15(16)17-3/h4-11H,1H2,2-3H3/b12-5+. The SMILES string of the molecule is C=C/C(=C\C)c1c(SC)ccc2ccccc12. The molecule has 0 fully saturated rings. The van der Waals surface area contributed by atoms with E-state index in [1.165, 1.54) is 26.8 Å². The fourth-order valence-electron chi connectivity index (χ4n) is 2.08. The van der Waals surface area contributed by atoms with Gasteiger partial charge >= 0.3 is 0 Å². The van der Waals surface area contributed by atoms with Gasteiger partial charge in [-0.1, -0.05) is 49.1 Å². The molecule has 0 unspecified atom stereocenters. The van der Waals surface area contributed by atoms with E-state index in [9.17, 15) is 0 Å². The maximum absolute atomic E-state index is 3.91. The molecule has 0 nitrogen and oxygen atoms in total. The molecule has 0 saturated carbocycles. The highest BCUT2D eigenvalue weighted by molar-refractivity contribution is 7.98. The summed E-state index contributed by atoms with van der Waals surface area (Å²) >= 11 is 1.78. The summed E-state index contributed by atoms with van der Waals surface area (Å²) < 4.78 is 0. The molecule has 0 heterocycles. The molecule has 0 aliphatic carbocycles. The summed E-state index contributed by atoms with van der Waals surface area (Å²) in [6, 6.07) is 12.9. The summed E-state index contributed by atoms with van der Waals surface area (Å²) in [7, 11) is 0. The zero-order chi connectivity index (χ0) is 12.3. The van der Waals surface area contributed by atoms with E-state index in [4.69, 9.17) is 0 Å².